The van der Waals surface area contributed by atoms with Gasteiger partial charge in [-0.3, -0.25) is 4.79 Å². The number of carbonyl (C=O) groups is 1. The van der Waals surface area contributed by atoms with Crippen molar-refractivity contribution in [3.05, 3.63) is 24.2 Å². The number of furan rings is 1. The molecule has 0 saturated carbocycles. The van der Waals surface area contributed by atoms with Crippen LogP contribution in [0, 0.1) is 5.41 Å². The summed E-state index contributed by atoms with van der Waals surface area (Å²) in [5, 5.41) is 2.71. The van der Waals surface area contributed by atoms with Crippen LogP contribution < -0.4 is 11.1 Å². The fourth-order valence-electron chi connectivity index (χ4n) is 0.883. The van der Waals surface area contributed by atoms with Crippen molar-refractivity contribution in [2.24, 2.45) is 11.1 Å². The van der Waals surface area contributed by atoms with Gasteiger partial charge in [0.25, 0.3) is 5.91 Å². The van der Waals surface area contributed by atoms with Crippen LogP contribution in [-0.4, -0.2) is 17.4 Å². The third-order valence-corrected chi connectivity index (χ3v) is 2.66. The maximum atomic E-state index is 11.5. The zero-order valence-corrected chi connectivity index (χ0v) is 9.56. The van der Waals surface area contributed by atoms with Gasteiger partial charge in [0.05, 0.1) is 11.3 Å². The zero-order chi connectivity index (χ0) is 11.5. The van der Waals surface area contributed by atoms with Gasteiger partial charge in [0.2, 0.25) is 0 Å². The Morgan fingerprint density at radius 1 is 1.67 bits per heavy atom. The van der Waals surface area contributed by atoms with E-state index in [1.54, 1.807) is 12.1 Å². The van der Waals surface area contributed by atoms with E-state index in [1.807, 2.05) is 13.8 Å². The average Bonchev–Trinajstić information content (AvgIpc) is 2.66. The van der Waals surface area contributed by atoms with Crippen LogP contribution in [0.1, 0.15) is 24.4 Å². The number of thiocarbonyl (C=S) groups is 1. The number of hydrogen-bond acceptors (Lipinski definition) is 3. The molecule has 82 valence electrons. The monoisotopic (exact) mass is 226 g/mol. The van der Waals surface area contributed by atoms with Crippen LogP contribution in [0.15, 0.2) is 22.8 Å². The smallest absolute Gasteiger partial charge is 0.287 e. The number of carbonyl (C=O) groups excluding carboxylic acids is 1. The van der Waals surface area contributed by atoms with Crippen molar-refractivity contribution in [1.82, 2.24) is 5.32 Å². The van der Waals surface area contributed by atoms with Gasteiger partial charge in [-0.05, 0) is 12.1 Å². The van der Waals surface area contributed by atoms with Gasteiger partial charge in [-0.1, -0.05) is 26.1 Å². The molecule has 0 radical (unpaired) electrons. The van der Waals surface area contributed by atoms with Gasteiger partial charge >= 0.3 is 0 Å². The SMILES string of the molecule is CC(C)(CNC(=O)c1ccco1)C(N)=S. The topological polar surface area (TPSA) is 68.3 Å². The summed E-state index contributed by atoms with van der Waals surface area (Å²) in [5.41, 5.74) is 5.14. The first-order valence-corrected chi connectivity index (χ1v) is 4.96. The molecule has 1 aromatic rings. The Morgan fingerprint density at radius 3 is 2.80 bits per heavy atom. The van der Waals surface area contributed by atoms with Crippen molar-refractivity contribution in [3.63, 3.8) is 0 Å². The van der Waals surface area contributed by atoms with E-state index in [-0.39, 0.29) is 11.7 Å². The van der Waals surface area contributed by atoms with Gasteiger partial charge in [-0.25, -0.2) is 0 Å². The fourth-order valence-corrected chi connectivity index (χ4v) is 0.955. The first kappa shape index (κ1) is 11.7. The minimum absolute atomic E-state index is 0.260. The number of nitrogens with two attached hydrogens (primary N) is 1. The fraction of sp³-hybridized carbons (Fsp3) is 0.400. The van der Waals surface area contributed by atoms with E-state index < -0.39 is 5.41 Å². The van der Waals surface area contributed by atoms with E-state index >= 15 is 0 Å². The minimum Gasteiger partial charge on any atom is -0.459 e. The van der Waals surface area contributed by atoms with Crippen LogP contribution in [0.3, 0.4) is 0 Å². The molecule has 0 saturated heterocycles. The standard InChI is InChI=1S/C10H14N2O2S/c1-10(2,9(11)15)6-12-8(13)7-4-3-5-14-7/h3-5H,6H2,1-2H3,(H2,11,15)(H,12,13). The summed E-state index contributed by atoms with van der Waals surface area (Å²) in [6, 6.07) is 3.26. The molecule has 0 fully saturated rings. The van der Waals surface area contributed by atoms with Gasteiger partial charge in [0, 0.05) is 12.0 Å². The van der Waals surface area contributed by atoms with E-state index in [4.69, 9.17) is 22.4 Å². The second-order valence-electron chi connectivity index (χ2n) is 3.91. The molecule has 0 atom stereocenters. The highest BCUT2D eigenvalue weighted by Crippen LogP contribution is 2.13. The Kier molecular flexibility index (Phi) is 3.47. The third kappa shape index (κ3) is 3.06. The van der Waals surface area contributed by atoms with E-state index in [0.717, 1.165) is 0 Å². The molecular weight excluding hydrogens is 212 g/mol. The Bertz CT molecular complexity index is 358. The van der Waals surface area contributed by atoms with E-state index in [1.165, 1.54) is 6.26 Å². The van der Waals surface area contributed by atoms with Crippen LogP contribution in [0.25, 0.3) is 0 Å². The highest BCUT2D eigenvalue weighted by molar-refractivity contribution is 7.80. The van der Waals surface area contributed by atoms with Gasteiger partial charge < -0.3 is 15.5 Å². The number of hydrogen-bond donors (Lipinski definition) is 2. The molecule has 1 amide bonds. The molecule has 1 heterocycles. The average molecular weight is 226 g/mol. The summed E-state index contributed by atoms with van der Waals surface area (Å²) in [6.07, 6.45) is 1.45. The number of nitrogens with one attached hydrogen (secondary N) is 1. The van der Waals surface area contributed by atoms with Crippen molar-refractivity contribution in [2.45, 2.75) is 13.8 Å². The lowest BCUT2D eigenvalue weighted by Gasteiger charge is -2.22. The van der Waals surface area contributed by atoms with Crippen LogP contribution in [0.2, 0.25) is 0 Å². The highest BCUT2D eigenvalue weighted by Gasteiger charge is 2.22. The maximum Gasteiger partial charge on any atom is 0.287 e. The van der Waals surface area contributed by atoms with Crippen molar-refractivity contribution >= 4 is 23.1 Å². The second-order valence-corrected chi connectivity index (χ2v) is 4.35. The normalized spacial score (nSPS) is 11.1. The van der Waals surface area contributed by atoms with E-state index in [9.17, 15) is 4.79 Å². The second kappa shape index (κ2) is 4.44. The molecule has 3 N–H and O–H groups in total. The molecule has 0 bridgehead atoms. The van der Waals surface area contributed by atoms with Crippen LogP contribution in [0.4, 0.5) is 0 Å². The van der Waals surface area contributed by atoms with Crippen molar-refractivity contribution < 1.29 is 9.21 Å². The van der Waals surface area contributed by atoms with Gasteiger partial charge in [0.15, 0.2) is 5.76 Å². The molecule has 1 aromatic heterocycles. The van der Waals surface area contributed by atoms with Gasteiger partial charge in [0.1, 0.15) is 0 Å². The van der Waals surface area contributed by atoms with Crippen LogP contribution >= 0.6 is 12.2 Å². The van der Waals surface area contributed by atoms with Crippen molar-refractivity contribution in [2.75, 3.05) is 6.54 Å². The van der Waals surface area contributed by atoms with Crippen LogP contribution in [-0.2, 0) is 0 Å². The Hall–Kier alpha value is -1.36. The van der Waals surface area contributed by atoms with E-state index in [0.29, 0.717) is 11.5 Å². The number of rotatable bonds is 4. The largest absolute Gasteiger partial charge is 0.459 e. The molecule has 0 aliphatic carbocycles. The molecule has 0 aliphatic heterocycles. The first-order chi connectivity index (χ1) is 6.93. The quantitative estimate of drug-likeness (QED) is 0.760. The van der Waals surface area contributed by atoms with Gasteiger partial charge in [-0.2, -0.15) is 0 Å². The van der Waals surface area contributed by atoms with Crippen LogP contribution in [0.5, 0.6) is 0 Å². The summed E-state index contributed by atoms with van der Waals surface area (Å²) in [6.45, 7) is 4.14. The molecule has 1 rings (SSSR count). The minimum atomic E-state index is -0.391. The summed E-state index contributed by atoms with van der Waals surface area (Å²) in [5.74, 6) is 0.0260. The summed E-state index contributed by atoms with van der Waals surface area (Å²) in [7, 11) is 0. The molecule has 5 heteroatoms. The molecule has 0 spiro atoms. The molecule has 0 aromatic carbocycles. The Morgan fingerprint density at radius 2 is 2.33 bits per heavy atom. The zero-order valence-electron chi connectivity index (χ0n) is 8.74. The third-order valence-electron chi connectivity index (χ3n) is 2.10. The summed E-state index contributed by atoms with van der Waals surface area (Å²) < 4.78 is 4.94. The lowest BCUT2D eigenvalue weighted by Crippen LogP contribution is -2.41. The molecule has 0 aliphatic rings. The van der Waals surface area contributed by atoms with E-state index in [2.05, 4.69) is 5.32 Å². The summed E-state index contributed by atoms with van der Waals surface area (Å²) >= 11 is 4.89. The van der Waals surface area contributed by atoms with Crippen molar-refractivity contribution in [1.29, 1.82) is 0 Å². The highest BCUT2D eigenvalue weighted by atomic mass is 32.1. The maximum absolute atomic E-state index is 11.5. The molecule has 0 unspecified atom stereocenters. The lowest BCUT2D eigenvalue weighted by molar-refractivity contribution is 0.0917. The molecular formula is C10H14N2O2S. The summed E-state index contributed by atoms with van der Waals surface area (Å²) in [4.78, 5) is 11.9. The Labute approximate surface area is 93.8 Å². The molecule has 15 heavy (non-hydrogen) atoms. The molecule has 4 nitrogen and oxygen atoms in total. The predicted octanol–water partition coefficient (Wildman–Crippen LogP) is 1.32. The predicted molar refractivity (Wildman–Crippen MR) is 61.6 cm³/mol. The van der Waals surface area contributed by atoms with Gasteiger partial charge in [-0.15, -0.1) is 0 Å². The number of amides is 1. The first-order valence-electron chi connectivity index (χ1n) is 4.55. The van der Waals surface area contributed by atoms with Crippen molar-refractivity contribution in [3.8, 4) is 0 Å². The lowest BCUT2D eigenvalue weighted by atomic mass is 9.93. The Balaban J connectivity index is 2.51.